The molecule has 1 aliphatic rings. The van der Waals surface area contributed by atoms with Gasteiger partial charge in [0.15, 0.2) is 6.61 Å². The highest BCUT2D eigenvalue weighted by molar-refractivity contribution is 6.39. The van der Waals surface area contributed by atoms with E-state index >= 15 is 0 Å². The number of methoxy groups -OCH3 is 1. The van der Waals surface area contributed by atoms with E-state index in [-0.39, 0.29) is 29.4 Å². The molecule has 0 bridgehead atoms. The van der Waals surface area contributed by atoms with Gasteiger partial charge in [0.05, 0.1) is 18.5 Å². The van der Waals surface area contributed by atoms with Crippen LogP contribution in [0.2, 0.25) is 0 Å². The second-order valence-electron chi connectivity index (χ2n) is 7.55. The van der Waals surface area contributed by atoms with Crippen molar-refractivity contribution in [2.24, 2.45) is 0 Å². The van der Waals surface area contributed by atoms with Crippen LogP contribution in [0.3, 0.4) is 0 Å². The normalized spacial score (nSPS) is 14.4. The van der Waals surface area contributed by atoms with Crippen LogP contribution in [0.5, 0.6) is 17.2 Å². The molecule has 0 saturated carbocycles. The van der Waals surface area contributed by atoms with Gasteiger partial charge in [0.25, 0.3) is 17.7 Å². The third-order valence-corrected chi connectivity index (χ3v) is 5.17. The van der Waals surface area contributed by atoms with Crippen molar-refractivity contribution in [1.29, 1.82) is 0 Å². The molecule has 1 fully saturated rings. The first kappa shape index (κ1) is 24.0. The largest absolute Gasteiger partial charge is 0.508 e. The summed E-state index contributed by atoms with van der Waals surface area (Å²) in [4.78, 5) is 51.1. The zero-order valence-corrected chi connectivity index (χ0v) is 19.1. The number of barbiturate groups is 1. The average Bonchev–Trinajstić information content (AvgIpc) is 2.87. The SMILES string of the molecule is COc1ccccc1NC(=O)COc1ccccc1/C=C1/C(=O)NC(=O)N(c2ccc(O)cc2)C1=O. The maximum Gasteiger partial charge on any atom is 0.335 e. The lowest BCUT2D eigenvalue weighted by atomic mass is 10.1. The molecule has 0 aliphatic carbocycles. The Morgan fingerprint density at radius 1 is 0.972 bits per heavy atom. The number of nitrogens with zero attached hydrogens (tertiary/aromatic N) is 1. The molecule has 36 heavy (non-hydrogen) atoms. The van der Waals surface area contributed by atoms with Gasteiger partial charge in [-0.1, -0.05) is 30.3 Å². The fourth-order valence-corrected chi connectivity index (χ4v) is 3.46. The molecular formula is C26H21N3O7. The Kier molecular flexibility index (Phi) is 6.96. The van der Waals surface area contributed by atoms with E-state index in [1.54, 1.807) is 48.5 Å². The van der Waals surface area contributed by atoms with Crippen molar-refractivity contribution in [1.82, 2.24) is 5.32 Å². The van der Waals surface area contributed by atoms with Crippen LogP contribution in [0.4, 0.5) is 16.2 Å². The lowest BCUT2D eigenvalue weighted by molar-refractivity contribution is -0.122. The van der Waals surface area contributed by atoms with Crippen LogP contribution >= 0.6 is 0 Å². The smallest absolute Gasteiger partial charge is 0.335 e. The quantitative estimate of drug-likeness (QED) is 0.344. The van der Waals surface area contributed by atoms with E-state index in [0.29, 0.717) is 17.0 Å². The zero-order valence-electron chi connectivity index (χ0n) is 19.1. The summed E-state index contributed by atoms with van der Waals surface area (Å²) >= 11 is 0. The molecule has 3 N–H and O–H groups in total. The number of ether oxygens (including phenoxy) is 2. The number of imide groups is 2. The first-order valence-electron chi connectivity index (χ1n) is 10.7. The average molecular weight is 487 g/mol. The molecule has 10 heteroatoms. The maximum absolute atomic E-state index is 13.1. The molecule has 4 rings (SSSR count). The Morgan fingerprint density at radius 3 is 2.36 bits per heavy atom. The third kappa shape index (κ3) is 5.17. The zero-order chi connectivity index (χ0) is 25.7. The highest BCUT2D eigenvalue weighted by Crippen LogP contribution is 2.27. The van der Waals surface area contributed by atoms with Crippen LogP contribution in [0, 0.1) is 0 Å². The summed E-state index contributed by atoms with van der Waals surface area (Å²) in [5.41, 5.74) is 0.692. The summed E-state index contributed by atoms with van der Waals surface area (Å²) in [5.74, 6) is -1.48. The molecule has 0 radical (unpaired) electrons. The number of amides is 5. The number of anilines is 2. The van der Waals surface area contributed by atoms with E-state index in [4.69, 9.17) is 9.47 Å². The molecule has 1 heterocycles. The number of hydrogen-bond donors (Lipinski definition) is 3. The number of urea groups is 1. The second kappa shape index (κ2) is 10.4. The molecular weight excluding hydrogens is 466 g/mol. The molecule has 3 aromatic rings. The number of benzene rings is 3. The van der Waals surface area contributed by atoms with Gasteiger partial charge in [-0.2, -0.15) is 0 Å². The topological polar surface area (TPSA) is 134 Å². The van der Waals surface area contributed by atoms with Gasteiger partial charge >= 0.3 is 6.03 Å². The Morgan fingerprint density at radius 2 is 1.64 bits per heavy atom. The fraction of sp³-hybridized carbons (Fsp3) is 0.0769. The highest BCUT2D eigenvalue weighted by Gasteiger charge is 2.37. The van der Waals surface area contributed by atoms with Gasteiger partial charge in [0.2, 0.25) is 0 Å². The molecule has 5 amide bonds. The molecule has 1 aliphatic heterocycles. The first-order valence-corrected chi connectivity index (χ1v) is 10.7. The Balaban J connectivity index is 1.54. The minimum Gasteiger partial charge on any atom is -0.508 e. The van der Waals surface area contributed by atoms with E-state index in [0.717, 1.165) is 4.90 Å². The Bertz CT molecular complexity index is 1370. The van der Waals surface area contributed by atoms with Gasteiger partial charge in [-0.25, -0.2) is 9.69 Å². The summed E-state index contributed by atoms with van der Waals surface area (Å²) in [7, 11) is 1.49. The Labute approximate surface area is 205 Å². The number of carbonyl (C=O) groups is 4. The second-order valence-corrected chi connectivity index (χ2v) is 7.55. The van der Waals surface area contributed by atoms with Crippen molar-refractivity contribution < 1.29 is 33.8 Å². The molecule has 0 unspecified atom stereocenters. The van der Waals surface area contributed by atoms with Gasteiger partial charge in [-0.05, 0) is 48.5 Å². The van der Waals surface area contributed by atoms with Crippen LogP contribution in [-0.4, -0.2) is 42.6 Å². The van der Waals surface area contributed by atoms with Crippen LogP contribution in [0.15, 0.2) is 78.4 Å². The minimum atomic E-state index is -0.912. The summed E-state index contributed by atoms with van der Waals surface area (Å²) in [6.45, 7) is -0.351. The van der Waals surface area contributed by atoms with E-state index in [1.807, 2.05) is 0 Å². The van der Waals surface area contributed by atoms with Gasteiger partial charge in [0, 0.05) is 5.56 Å². The van der Waals surface area contributed by atoms with Gasteiger partial charge in [0.1, 0.15) is 22.8 Å². The van der Waals surface area contributed by atoms with Crippen molar-refractivity contribution in [3.05, 3.63) is 83.9 Å². The summed E-state index contributed by atoms with van der Waals surface area (Å²) < 4.78 is 10.9. The number of hydrogen-bond acceptors (Lipinski definition) is 7. The Hall–Kier alpha value is -5.12. The monoisotopic (exact) mass is 487 g/mol. The molecule has 1 saturated heterocycles. The number of phenols is 1. The molecule has 3 aromatic carbocycles. The van der Waals surface area contributed by atoms with Crippen LogP contribution in [0.1, 0.15) is 5.56 Å². The predicted octanol–water partition coefficient (Wildman–Crippen LogP) is 3.08. The highest BCUT2D eigenvalue weighted by atomic mass is 16.5. The van der Waals surface area contributed by atoms with Crippen molar-refractivity contribution in [3.63, 3.8) is 0 Å². The number of phenolic OH excluding ortho intramolecular Hbond substituents is 1. The molecule has 0 aromatic heterocycles. The number of carbonyl (C=O) groups excluding carboxylic acids is 4. The minimum absolute atomic E-state index is 0.0451. The van der Waals surface area contributed by atoms with Crippen molar-refractivity contribution in [2.75, 3.05) is 23.9 Å². The van der Waals surface area contributed by atoms with Crippen LogP contribution < -0.4 is 25.0 Å². The van der Waals surface area contributed by atoms with Crippen molar-refractivity contribution in [2.45, 2.75) is 0 Å². The third-order valence-electron chi connectivity index (χ3n) is 5.17. The lowest BCUT2D eigenvalue weighted by Crippen LogP contribution is -2.54. The summed E-state index contributed by atoms with van der Waals surface area (Å²) in [6.07, 6.45) is 1.28. The lowest BCUT2D eigenvalue weighted by Gasteiger charge is -2.26. The summed E-state index contributed by atoms with van der Waals surface area (Å²) in [6, 6.07) is 17.9. The number of aromatic hydroxyl groups is 1. The molecule has 0 atom stereocenters. The van der Waals surface area contributed by atoms with Gasteiger partial charge in [-0.3, -0.25) is 19.7 Å². The first-order chi connectivity index (χ1) is 17.4. The van der Waals surface area contributed by atoms with Gasteiger partial charge in [-0.15, -0.1) is 0 Å². The molecule has 182 valence electrons. The van der Waals surface area contributed by atoms with E-state index in [1.165, 1.54) is 37.5 Å². The number of para-hydroxylation sites is 3. The van der Waals surface area contributed by atoms with Crippen LogP contribution in [0.25, 0.3) is 6.08 Å². The fourth-order valence-electron chi connectivity index (χ4n) is 3.46. The maximum atomic E-state index is 13.1. The standard InChI is InChI=1S/C26H21N3O7/c1-35-22-9-5-3-7-20(22)27-23(31)15-36-21-8-4-2-6-16(21)14-19-24(32)28-26(34)29(25(19)33)17-10-12-18(30)13-11-17/h2-14,30H,15H2,1H3,(H,27,31)(H,28,32,34)/b19-14-. The van der Waals surface area contributed by atoms with E-state index in [9.17, 15) is 24.3 Å². The number of nitrogens with one attached hydrogen (secondary N) is 2. The number of rotatable bonds is 7. The molecule has 10 nitrogen and oxygen atoms in total. The molecule has 0 spiro atoms. The predicted molar refractivity (Wildman–Crippen MR) is 131 cm³/mol. The van der Waals surface area contributed by atoms with E-state index < -0.39 is 23.8 Å². The van der Waals surface area contributed by atoms with Crippen molar-refractivity contribution in [3.8, 4) is 17.2 Å². The van der Waals surface area contributed by atoms with Crippen LogP contribution in [-0.2, 0) is 14.4 Å². The van der Waals surface area contributed by atoms with Gasteiger partial charge < -0.3 is 19.9 Å². The summed E-state index contributed by atoms with van der Waals surface area (Å²) in [5, 5.41) is 14.3. The van der Waals surface area contributed by atoms with E-state index in [2.05, 4.69) is 10.6 Å². The van der Waals surface area contributed by atoms with Crippen molar-refractivity contribution >= 4 is 41.2 Å².